The maximum atomic E-state index is 13.3. The van der Waals surface area contributed by atoms with E-state index in [-0.39, 0.29) is 24.5 Å². The number of carbonyl (C=O) groups excluding carboxylic acids is 3. The Morgan fingerprint density at radius 1 is 1.07 bits per heavy atom. The molecule has 0 unspecified atom stereocenters. The molecule has 0 radical (unpaired) electrons. The topological polar surface area (TPSA) is 84.9 Å². The zero-order chi connectivity index (χ0) is 23.2. The molecule has 0 saturated heterocycles. The second-order valence-electron chi connectivity index (χ2n) is 9.70. The molecule has 7 nitrogen and oxygen atoms in total. The van der Waals surface area contributed by atoms with Gasteiger partial charge >= 0.3 is 12.1 Å². The van der Waals surface area contributed by atoms with Crippen molar-refractivity contribution in [2.24, 2.45) is 11.3 Å². The predicted octanol–water partition coefficient (Wildman–Crippen LogP) is 3.92. The minimum Gasteiger partial charge on any atom is -0.463 e. The van der Waals surface area contributed by atoms with Gasteiger partial charge in [0, 0.05) is 12.6 Å². The van der Waals surface area contributed by atoms with Gasteiger partial charge in [-0.05, 0) is 46.0 Å². The lowest BCUT2D eigenvalue weighted by Crippen LogP contribution is -2.56. The molecule has 2 amide bonds. The number of ether oxygens (including phenoxy) is 2. The molecule has 7 heteroatoms. The van der Waals surface area contributed by atoms with Gasteiger partial charge in [0.25, 0.3) is 0 Å². The van der Waals surface area contributed by atoms with Crippen LogP contribution in [-0.4, -0.2) is 54.2 Å². The smallest absolute Gasteiger partial charge is 0.408 e. The number of nitrogens with one attached hydrogen (secondary N) is 1. The second-order valence-corrected chi connectivity index (χ2v) is 9.70. The minimum atomic E-state index is -0.792. The molecular weight excluding hydrogens is 372 g/mol. The molecule has 0 saturated carbocycles. The Hall–Kier alpha value is -2.05. The van der Waals surface area contributed by atoms with Crippen LogP contribution in [0.25, 0.3) is 0 Å². The van der Waals surface area contributed by atoms with Gasteiger partial charge in [0.2, 0.25) is 5.91 Å². The van der Waals surface area contributed by atoms with Crippen LogP contribution in [0, 0.1) is 11.3 Å². The maximum absolute atomic E-state index is 13.3. The lowest BCUT2D eigenvalue weighted by atomic mass is 9.85. The van der Waals surface area contributed by atoms with E-state index in [4.69, 9.17) is 9.47 Å². The first kappa shape index (κ1) is 27.0. The molecule has 0 bridgehead atoms. The fraction of sp³-hybridized carbons (Fsp3) is 0.773. The van der Waals surface area contributed by atoms with E-state index in [9.17, 15) is 14.4 Å². The number of rotatable bonds is 7. The van der Waals surface area contributed by atoms with Gasteiger partial charge in [-0.25, -0.2) is 9.59 Å². The fourth-order valence-electron chi connectivity index (χ4n) is 2.75. The monoisotopic (exact) mass is 412 g/mol. The standard InChI is InChI=1S/C22H40N2O5/c1-12-28-19(26)15(4)13-16(14(2)3)24(11)18(25)17(21(5,6)7)23-20(27)29-22(8,9)10/h13-14,16-17H,12H2,1-11H3,(H,23,27)/b15-13+/t16-,17+/m0/s1. The molecule has 0 heterocycles. The van der Waals surface area contributed by atoms with Crippen LogP contribution in [0.1, 0.15) is 69.2 Å². The van der Waals surface area contributed by atoms with Crippen molar-refractivity contribution in [3.8, 4) is 0 Å². The van der Waals surface area contributed by atoms with Crippen LogP contribution in [0.2, 0.25) is 0 Å². The SMILES string of the molecule is CCOC(=O)/C(C)=C/[C@@H](C(C)C)N(C)C(=O)[C@@H](NC(=O)OC(C)(C)C)C(C)(C)C. The highest BCUT2D eigenvalue weighted by atomic mass is 16.6. The summed E-state index contributed by atoms with van der Waals surface area (Å²) in [5, 5.41) is 2.72. The van der Waals surface area contributed by atoms with E-state index in [2.05, 4.69) is 5.32 Å². The quantitative estimate of drug-likeness (QED) is 0.506. The minimum absolute atomic E-state index is 0.0514. The Kier molecular flexibility index (Phi) is 9.90. The zero-order valence-corrected chi connectivity index (χ0v) is 20.0. The van der Waals surface area contributed by atoms with Crippen molar-refractivity contribution in [2.75, 3.05) is 13.7 Å². The number of alkyl carbamates (subject to hydrolysis) is 1. The number of carbonyl (C=O) groups is 3. The molecule has 0 fully saturated rings. The summed E-state index contributed by atoms with van der Waals surface area (Å²) in [4.78, 5) is 39.2. The number of nitrogens with zero attached hydrogens (tertiary/aromatic N) is 1. The summed E-state index contributed by atoms with van der Waals surface area (Å²) in [6.07, 6.45) is 1.10. The van der Waals surface area contributed by atoms with Gasteiger partial charge in [-0.15, -0.1) is 0 Å². The molecule has 0 aromatic rings. The number of hydrogen-bond acceptors (Lipinski definition) is 5. The van der Waals surface area contributed by atoms with Gasteiger partial charge in [-0.2, -0.15) is 0 Å². The zero-order valence-electron chi connectivity index (χ0n) is 20.0. The first-order valence-electron chi connectivity index (χ1n) is 10.1. The third-order valence-corrected chi connectivity index (χ3v) is 4.27. The summed E-state index contributed by atoms with van der Waals surface area (Å²) in [6.45, 7) is 18.6. The largest absolute Gasteiger partial charge is 0.463 e. The van der Waals surface area contributed by atoms with Gasteiger partial charge in [-0.3, -0.25) is 4.79 Å². The number of likely N-dealkylation sites (N-methyl/N-ethyl adjacent to an activating group) is 1. The summed E-state index contributed by atoms with van der Waals surface area (Å²) in [7, 11) is 1.68. The Labute approximate surface area is 176 Å². The Morgan fingerprint density at radius 2 is 1.59 bits per heavy atom. The predicted molar refractivity (Wildman–Crippen MR) is 114 cm³/mol. The second kappa shape index (κ2) is 10.6. The molecule has 29 heavy (non-hydrogen) atoms. The molecule has 0 spiro atoms. The molecule has 0 aliphatic heterocycles. The molecule has 0 rings (SSSR count). The highest BCUT2D eigenvalue weighted by molar-refractivity contribution is 5.89. The average molecular weight is 413 g/mol. The van der Waals surface area contributed by atoms with Crippen molar-refractivity contribution in [1.82, 2.24) is 10.2 Å². The normalized spacial score (nSPS) is 14.8. The highest BCUT2D eigenvalue weighted by Crippen LogP contribution is 2.24. The first-order valence-corrected chi connectivity index (χ1v) is 10.1. The average Bonchev–Trinajstić information content (AvgIpc) is 2.53. The van der Waals surface area contributed by atoms with Crippen molar-refractivity contribution in [1.29, 1.82) is 0 Å². The van der Waals surface area contributed by atoms with Crippen molar-refractivity contribution < 1.29 is 23.9 Å². The van der Waals surface area contributed by atoms with Gasteiger partial charge in [0.05, 0.1) is 12.6 Å². The molecule has 2 atom stereocenters. The molecule has 0 aliphatic rings. The van der Waals surface area contributed by atoms with Crippen molar-refractivity contribution in [3.63, 3.8) is 0 Å². The number of hydrogen-bond donors (Lipinski definition) is 1. The molecule has 168 valence electrons. The van der Waals surface area contributed by atoms with Gasteiger partial charge < -0.3 is 19.7 Å². The van der Waals surface area contributed by atoms with Crippen molar-refractivity contribution in [2.45, 2.75) is 86.9 Å². The van der Waals surface area contributed by atoms with Gasteiger partial charge in [0.15, 0.2) is 0 Å². The molecule has 0 aromatic heterocycles. The van der Waals surface area contributed by atoms with Crippen LogP contribution in [0.3, 0.4) is 0 Å². The summed E-state index contributed by atoms with van der Waals surface area (Å²) in [5.41, 5.74) is -0.761. The lowest BCUT2D eigenvalue weighted by molar-refractivity contribution is -0.139. The van der Waals surface area contributed by atoms with E-state index < -0.39 is 29.1 Å². The summed E-state index contributed by atoms with van der Waals surface area (Å²) in [6, 6.07) is -1.13. The third-order valence-electron chi connectivity index (χ3n) is 4.27. The van der Waals surface area contributed by atoms with Crippen LogP contribution < -0.4 is 5.32 Å². The maximum Gasteiger partial charge on any atom is 0.408 e. The van der Waals surface area contributed by atoms with E-state index in [1.165, 1.54) is 0 Å². The summed E-state index contributed by atoms with van der Waals surface area (Å²) < 4.78 is 10.4. The van der Waals surface area contributed by atoms with Crippen LogP contribution in [0.5, 0.6) is 0 Å². The van der Waals surface area contributed by atoms with Crippen LogP contribution in [0.15, 0.2) is 11.6 Å². The van der Waals surface area contributed by atoms with E-state index >= 15 is 0 Å². The Bertz CT molecular complexity index is 612. The Balaban J connectivity index is 5.71. The van der Waals surface area contributed by atoms with Gasteiger partial charge in [0.1, 0.15) is 11.6 Å². The van der Waals surface area contributed by atoms with Crippen molar-refractivity contribution in [3.05, 3.63) is 11.6 Å². The van der Waals surface area contributed by atoms with E-state index in [0.29, 0.717) is 5.57 Å². The molecular formula is C22H40N2O5. The summed E-state index contributed by atoms with van der Waals surface area (Å²) >= 11 is 0. The van der Waals surface area contributed by atoms with Crippen LogP contribution in [0.4, 0.5) is 4.79 Å². The fourth-order valence-corrected chi connectivity index (χ4v) is 2.75. The third kappa shape index (κ3) is 9.33. The van der Waals surface area contributed by atoms with Crippen LogP contribution in [-0.2, 0) is 19.1 Å². The molecule has 1 N–H and O–H groups in total. The first-order chi connectivity index (χ1) is 13.0. The Morgan fingerprint density at radius 3 is 1.97 bits per heavy atom. The summed E-state index contributed by atoms with van der Waals surface area (Å²) in [5.74, 6) is -0.608. The number of esters is 1. The molecule has 0 aromatic carbocycles. The van der Waals surface area contributed by atoms with Crippen molar-refractivity contribution >= 4 is 18.0 Å². The van der Waals surface area contributed by atoms with E-state index in [1.807, 2.05) is 34.6 Å². The van der Waals surface area contributed by atoms with Crippen LogP contribution >= 0.6 is 0 Å². The van der Waals surface area contributed by atoms with E-state index in [1.54, 1.807) is 52.6 Å². The van der Waals surface area contributed by atoms with Gasteiger partial charge in [-0.1, -0.05) is 40.7 Å². The lowest BCUT2D eigenvalue weighted by Gasteiger charge is -2.37. The number of amides is 2. The van der Waals surface area contributed by atoms with E-state index in [0.717, 1.165) is 0 Å². The highest BCUT2D eigenvalue weighted by Gasteiger charge is 2.38. The molecule has 0 aliphatic carbocycles.